The van der Waals surface area contributed by atoms with Crippen molar-refractivity contribution < 1.29 is 0 Å². The van der Waals surface area contributed by atoms with Gasteiger partial charge in [0.1, 0.15) is 0 Å². The SMILES string of the molecule is c1ccc2cc3cc4c(cc3cc2c1)C1c2cc3c(cc2C4c2cc4cc5ccccc5cc4cc21)C1c2cc4cc5ccccc5cc4cc2C3c2cc3cc4ccccc4cc3cc21. The number of benzene rings is 13. The van der Waals surface area contributed by atoms with E-state index in [0.717, 1.165) is 0 Å². The second kappa shape index (κ2) is 12.0. The molecule has 6 aliphatic rings. The van der Waals surface area contributed by atoms with Gasteiger partial charge >= 0.3 is 0 Å². The Morgan fingerprint density at radius 1 is 0.136 bits per heavy atom. The zero-order valence-corrected chi connectivity index (χ0v) is 35.9. The topological polar surface area (TPSA) is 0 Å². The molecule has 0 N–H and O–H groups in total. The Kier molecular flexibility index (Phi) is 6.24. The molecule has 19 rings (SSSR count). The van der Waals surface area contributed by atoms with Crippen LogP contribution in [0, 0.1) is 0 Å². The minimum Gasteiger partial charge on any atom is -0.0616 e. The van der Waals surface area contributed by atoms with Crippen molar-refractivity contribution in [2.75, 3.05) is 0 Å². The molecule has 302 valence electrons. The highest BCUT2D eigenvalue weighted by molar-refractivity contribution is 6.04. The molecule has 0 saturated heterocycles. The molecule has 0 atom stereocenters. The third kappa shape index (κ3) is 4.40. The van der Waals surface area contributed by atoms with Gasteiger partial charge in [-0.1, -0.05) is 109 Å². The Bertz CT molecular complexity index is 3620. The van der Waals surface area contributed by atoms with Gasteiger partial charge in [0.2, 0.25) is 0 Å². The highest BCUT2D eigenvalue weighted by Gasteiger charge is 2.47. The molecule has 4 bridgehead atoms. The van der Waals surface area contributed by atoms with E-state index in [1.807, 2.05) is 0 Å². The van der Waals surface area contributed by atoms with Crippen LogP contribution in [-0.2, 0) is 0 Å². The molecule has 0 radical (unpaired) electrons. The minimum atomic E-state index is 0.136. The Morgan fingerprint density at radius 3 is 0.424 bits per heavy atom. The molecule has 0 amide bonds. The molecule has 13 aromatic carbocycles. The van der Waals surface area contributed by atoms with Gasteiger partial charge in [0, 0.05) is 23.7 Å². The van der Waals surface area contributed by atoms with Gasteiger partial charge < -0.3 is 0 Å². The summed E-state index contributed by atoms with van der Waals surface area (Å²) in [6.07, 6.45) is 0. The van der Waals surface area contributed by atoms with Crippen molar-refractivity contribution in [2.45, 2.75) is 23.7 Å². The average Bonchev–Trinajstić information content (AvgIpc) is 3.35. The first-order valence-corrected chi connectivity index (χ1v) is 23.7. The Balaban J connectivity index is 0.953. The van der Waals surface area contributed by atoms with Crippen LogP contribution in [0.3, 0.4) is 0 Å². The molecule has 0 unspecified atom stereocenters. The zero-order valence-electron chi connectivity index (χ0n) is 35.9. The van der Waals surface area contributed by atoms with E-state index in [4.69, 9.17) is 0 Å². The van der Waals surface area contributed by atoms with Gasteiger partial charge in [-0.2, -0.15) is 0 Å². The van der Waals surface area contributed by atoms with Crippen molar-refractivity contribution in [1.29, 1.82) is 0 Å². The van der Waals surface area contributed by atoms with Gasteiger partial charge in [-0.25, -0.2) is 0 Å². The molecule has 0 fully saturated rings. The molecule has 0 spiro atoms. The summed E-state index contributed by atoms with van der Waals surface area (Å²) >= 11 is 0. The second-order valence-corrected chi connectivity index (χ2v) is 20.0. The van der Waals surface area contributed by atoms with Crippen LogP contribution < -0.4 is 0 Å². The second-order valence-electron chi connectivity index (χ2n) is 20.0. The Labute approximate surface area is 381 Å². The predicted octanol–water partition coefficient (Wildman–Crippen LogP) is 16.9. The first-order valence-electron chi connectivity index (χ1n) is 23.7. The Hall–Kier alpha value is -8.06. The quantitative estimate of drug-likeness (QED) is 0.134. The number of fused-ring (bicyclic) bond motifs is 8. The summed E-state index contributed by atoms with van der Waals surface area (Å²) in [6.45, 7) is 0. The summed E-state index contributed by atoms with van der Waals surface area (Å²) in [4.78, 5) is 0. The van der Waals surface area contributed by atoms with Crippen molar-refractivity contribution in [3.05, 3.63) is 273 Å². The lowest BCUT2D eigenvalue weighted by Gasteiger charge is -2.47. The van der Waals surface area contributed by atoms with E-state index < -0.39 is 0 Å². The van der Waals surface area contributed by atoms with Crippen LogP contribution in [-0.4, -0.2) is 0 Å². The molecule has 0 heterocycles. The van der Waals surface area contributed by atoms with Crippen LogP contribution in [0.2, 0.25) is 0 Å². The van der Waals surface area contributed by atoms with E-state index in [9.17, 15) is 0 Å². The van der Waals surface area contributed by atoms with Crippen LogP contribution in [0.25, 0.3) is 86.2 Å². The van der Waals surface area contributed by atoms with E-state index in [0.29, 0.717) is 0 Å². The molecule has 66 heavy (non-hydrogen) atoms. The molecular weight excluding hydrogens is 793 g/mol. The fourth-order valence-electron chi connectivity index (χ4n) is 13.8. The summed E-state index contributed by atoms with van der Waals surface area (Å²) in [6, 6.07) is 80.7. The van der Waals surface area contributed by atoms with E-state index in [1.54, 1.807) is 0 Å². The van der Waals surface area contributed by atoms with Crippen LogP contribution >= 0.6 is 0 Å². The van der Waals surface area contributed by atoms with Crippen LogP contribution in [0.5, 0.6) is 0 Å². The van der Waals surface area contributed by atoms with E-state index in [2.05, 4.69) is 206 Å². The molecule has 13 aromatic rings. The Morgan fingerprint density at radius 2 is 0.273 bits per heavy atom. The molecule has 0 aromatic heterocycles. The molecule has 0 saturated carbocycles. The van der Waals surface area contributed by atoms with Crippen LogP contribution in [0.4, 0.5) is 0 Å². The van der Waals surface area contributed by atoms with Gasteiger partial charge in [-0.15, -0.1) is 0 Å². The summed E-state index contributed by atoms with van der Waals surface area (Å²) < 4.78 is 0. The van der Waals surface area contributed by atoms with E-state index in [-0.39, 0.29) is 23.7 Å². The number of hydrogen-bond donors (Lipinski definition) is 0. The maximum absolute atomic E-state index is 2.71. The first-order chi connectivity index (χ1) is 32.6. The number of rotatable bonds is 0. The number of hydrogen-bond acceptors (Lipinski definition) is 0. The van der Waals surface area contributed by atoms with E-state index >= 15 is 0 Å². The van der Waals surface area contributed by atoms with Gasteiger partial charge in [-0.3, -0.25) is 0 Å². The molecular formula is C66H38. The van der Waals surface area contributed by atoms with E-state index in [1.165, 1.54) is 153 Å². The maximum Gasteiger partial charge on any atom is 0.0349 e. The molecule has 0 nitrogen and oxygen atoms in total. The summed E-state index contributed by atoms with van der Waals surface area (Å²) in [5.41, 5.74) is 17.8. The fourth-order valence-corrected chi connectivity index (χ4v) is 13.8. The minimum absolute atomic E-state index is 0.136. The van der Waals surface area contributed by atoms with Crippen molar-refractivity contribution in [3.63, 3.8) is 0 Å². The highest BCUT2D eigenvalue weighted by Crippen LogP contribution is 2.63. The van der Waals surface area contributed by atoms with Crippen molar-refractivity contribution in [3.8, 4) is 0 Å². The summed E-state index contributed by atoms with van der Waals surface area (Å²) in [7, 11) is 0. The molecule has 0 heteroatoms. The lowest BCUT2D eigenvalue weighted by atomic mass is 9.56. The van der Waals surface area contributed by atoms with Crippen molar-refractivity contribution in [1.82, 2.24) is 0 Å². The smallest absolute Gasteiger partial charge is 0.0349 e. The van der Waals surface area contributed by atoms with Crippen molar-refractivity contribution in [2.24, 2.45) is 0 Å². The third-order valence-corrected chi connectivity index (χ3v) is 16.6. The van der Waals surface area contributed by atoms with Gasteiger partial charge in [0.15, 0.2) is 0 Å². The first kappa shape index (κ1) is 34.4. The summed E-state index contributed by atoms with van der Waals surface area (Å²) in [5.74, 6) is 0.546. The third-order valence-electron chi connectivity index (χ3n) is 16.6. The predicted molar refractivity (Wildman–Crippen MR) is 276 cm³/mol. The normalized spacial score (nSPS) is 18.3. The van der Waals surface area contributed by atoms with Crippen molar-refractivity contribution >= 4 is 86.2 Å². The fraction of sp³-hybridized carbons (Fsp3) is 0.0606. The maximum atomic E-state index is 2.71. The zero-order chi connectivity index (χ0) is 42.5. The monoisotopic (exact) mass is 830 g/mol. The highest BCUT2D eigenvalue weighted by atomic mass is 14.5. The standard InChI is InChI=1S/C66H38/c1-2-10-36-18-44-26-52-51(25-43(44)17-35(36)9-1)63-53-27-45-19-37-11-3-4-12-38(37)20-46(45)28-54(53)64(52)60-34-62-61(33-59(60)63)65-55-29-47-21-39-13-5-7-15-41(39)23-49(47)31-57(55)66(62)58-32-50-24-42-16-8-6-14-40(42)22-48(50)30-56(58)65/h1-34,63-66H. The van der Waals surface area contributed by atoms with Gasteiger partial charge in [-0.05, 0) is 250 Å². The largest absolute Gasteiger partial charge is 0.0616 e. The lowest BCUT2D eigenvalue weighted by Crippen LogP contribution is -2.32. The lowest BCUT2D eigenvalue weighted by molar-refractivity contribution is 0.720. The van der Waals surface area contributed by atoms with Crippen LogP contribution in [0.1, 0.15) is 90.4 Å². The molecule has 6 aliphatic carbocycles. The summed E-state index contributed by atoms with van der Waals surface area (Å²) in [5, 5.41) is 21.0. The van der Waals surface area contributed by atoms with Gasteiger partial charge in [0.25, 0.3) is 0 Å². The average molecular weight is 831 g/mol. The van der Waals surface area contributed by atoms with Gasteiger partial charge in [0.05, 0.1) is 0 Å². The molecule has 0 aliphatic heterocycles. The van der Waals surface area contributed by atoms with Crippen LogP contribution in [0.15, 0.2) is 206 Å².